The minimum atomic E-state index is -1.09. The van der Waals surface area contributed by atoms with Gasteiger partial charge in [0.05, 0.1) is 0 Å². The molecule has 1 aromatic carbocycles. The quantitative estimate of drug-likeness (QED) is 0.248. The molecule has 1 amide bonds. The molecule has 1 aromatic rings. The van der Waals surface area contributed by atoms with Crippen molar-refractivity contribution in [1.82, 2.24) is 5.32 Å². The number of carboxylic acids is 1. The minimum Gasteiger partial charge on any atom is -0.480 e. The Kier molecular flexibility index (Phi) is 7.38. The summed E-state index contributed by atoms with van der Waals surface area (Å²) in [5.41, 5.74) is 11.2. The highest BCUT2D eigenvalue weighted by atomic mass is 16.4. The summed E-state index contributed by atoms with van der Waals surface area (Å²) in [5.74, 6) is -1.51. The van der Waals surface area contributed by atoms with Crippen LogP contribution in [0.15, 0.2) is 35.3 Å². The van der Waals surface area contributed by atoms with Gasteiger partial charge in [-0.2, -0.15) is 0 Å². The zero-order valence-electron chi connectivity index (χ0n) is 13.0. The van der Waals surface area contributed by atoms with E-state index < -0.39 is 18.1 Å². The average Bonchev–Trinajstić information content (AvgIpc) is 2.50. The van der Waals surface area contributed by atoms with Crippen LogP contribution in [0, 0.1) is 0 Å². The maximum Gasteiger partial charge on any atom is 0.326 e. The number of carbonyl (C=O) groups is 2. The predicted molar refractivity (Wildman–Crippen MR) is 89.0 cm³/mol. The molecule has 23 heavy (non-hydrogen) atoms. The maximum atomic E-state index is 12.1. The summed E-state index contributed by atoms with van der Waals surface area (Å²) in [7, 11) is 0. The Hall–Kier alpha value is -2.77. The molecule has 0 unspecified atom stereocenters. The van der Waals surface area contributed by atoms with Crippen molar-refractivity contribution < 1.29 is 14.7 Å². The lowest BCUT2D eigenvalue weighted by Crippen LogP contribution is -2.46. The highest BCUT2D eigenvalue weighted by Gasteiger charge is 2.22. The fraction of sp³-hybridized carbons (Fsp3) is 0.400. The van der Waals surface area contributed by atoms with Crippen LogP contribution in [0.25, 0.3) is 0 Å². The number of benzene rings is 1. The normalized spacial score (nSPS) is 12.7. The molecule has 0 saturated carbocycles. The smallest absolute Gasteiger partial charge is 0.326 e. The first kappa shape index (κ1) is 18.3. The summed E-state index contributed by atoms with van der Waals surface area (Å²) in [6.45, 7) is 1.99. The van der Waals surface area contributed by atoms with E-state index in [0.717, 1.165) is 5.69 Å². The number of aliphatic imine (C=N–C) groups is 1. The molecule has 0 radical (unpaired) electrons. The van der Waals surface area contributed by atoms with Crippen molar-refractivity contribution in [3.8, 4) is 0 Å². The Balaban J connectivity index is 2.49. The SMILES string of the molecule is C[C@H](Nc1ccccc1)C(=O)N[C@@H](CCCN=C(N)N)C(=O)O. The second-order valence-electron chi connectivity index (χ2n) is 5.08. The van der Waals surface area contributed by atoms with E-state index in [4.69, 9.17) is 11.5 Å². The van der Waals surface area contributed by atoms with Crippen molar-refractivity contribution >= 4 is 23.5 Å². The van der Waals surface area contributed by atoms with Crippen LogP contribution in [0.4, 0.5) is 5.69 Å². The first-order chi connectivity index (χ1) is 10.9. The van der Waals surface area contributed by atoms with Crippen LogP contribution in [0.3, 0.4) is 0 Å². The zero-order valence-corrected chi connectivity index (χ0v) is 13.0. The minimum absolute atomic E-state index is 0.0402. The van der Waals surface area contributed by atoms with Crippen molar-refractivity contribution in [3.05, 3.63) is 30.3 Å². The van der Waals surface area contributed by atoms with E-state index in [2.05, 4.69) is 15.6 Å². The molecule has 8 nitrogen and oxygen atoms in total. The third kappa shape index (κ3) is 7.16. The number of carbonyl (C=O) groups excluding carboxylic acids is 1. The predicted octanol–water partition coefficient (Wildman–Crippen LogP) is 0.110. The van der Waals surface area contributed by atoms with Gasteiger partial charge in [0.15, 0.2) is 5.96 Å². The topological polar surface area (TPSA) is 143 Å². The fourth-order valence-corrected chi connectivity index (χ4v) is 1.91. The second kappa shape index (κ2) is 9.29. The lowest BCUT2D eigenvalue weighted by atomic mass is 10.1. The van der Waals surface area contributed by atoms with Gasteiger partial charge in [-0.1, -0.05) is 18.2 Å². The summed E-state index contributed by atoms with van der Waals surface area (Å²) >= 11 is 0. The number of para-hydroxylation sites is 1. The highest BCUT2D eigenvalue weighted by Crippen LogP contribution is 2.07. The molecule has 0 heterocycles. The van der Waals surface area contributed by atoms with Crippen molar-refractivity contribution in [2.24, 2.45) is 16.5 Å². The van der Waals surface area contributed by atoms with Gasteiger partial charge in [0.1, 0.15) is 12.1 Å². The van der Waals surface area contributed by atoms with Crippen LogP contribution in [0.2, 0.25) is 0 Å². The molecule has 2 atom stereocenters. The van der Waals surface area contributed by atoms with Crippen LogP contribution in [-0.2, 0) is 9.59 Å². The lowest BCUT2D eigenvalue weighted by Gasteiger charge is -2.19. The van der Waals surface area contributed by atoms with Gasteiger partial charge in [-0.15, -0.1) is 0 Å². The largest absolute Gasteiger partial charge is 0.480 e. The number of guanidine groups is 1. The summed E-state index contributed by atoms with van der Waals surface area (Å²) < 4.78 is 0. The standard InChI is InChI=1S/C15H23N5O3/c1-10(19-11-6-3-2-4-7-11)13(21)20-12(14(22)23)8-5-9-18-15(16)17/h2-4,6-7,10,12,19H,5,8-9H2,1H3,(H,20,21)(H,22,23)(H4,16,17,18)/t10-,12-/m0/s1. The van der Waals surface area contributed by atoms with Gasteiger partial charge in [-0.25, -0.2) is 4.79 Å². The van der Waals surface area contributed by atoms with Crippen LogP contribution >= 0.6 is 0 Å². The number of carboxylic acid groups (broad SMARTS) is 1. The summed E-state index contributed by atoms with van der Waals surface area (Å²) in [5, 5.41) is 14.7. The van der Waals surface area contributed by atoms with E-state index in [-0.39, 0.29) is 18.3 Å². The maximum absolute atomic E-state index is 12.1. The number of nitrogens with zero attached hydrogens (tertiary/aromatic N) is 1. The van der Waals surface area contributed by atoms with Crippen molar-refractivity contribution in [1.29, 1.82) is 0 Å². The Morgan fingerprint density at radius 1 is 1.26 bits per heavy atom. The monoisotopic (exact) mass is 321 g/mol. The molecule has 126 valence electrons. The van der Waals surface area contributed by atoms with Gasteiger partial charge in [0.2, 0.25) is 5.91 Å². The van der Waals surface area contributed by atoms with Gasteiger partial charge < -0.3 is 27.2 Å². The molecule has 0 bridgehead atoms. The van der Waals surface area contributed by atoms with E-state index in [1.165, 1.54) is 0 Å². The van der Waals surface area contributed by atoms with Gasteiger partial charge in [-0.3, -0.25) is 9.79 Å². The molecule has 1 rings (SSSR count). The van der Waals surface area contributed by atoms with E-state index in [1.807, 2.05) is 30.3 Å². The number of hydrogen-bond donors (Lipinski definition) is 5. The Bertz CT molecular complexity index is 543. The number of anilines is 1. The number of rotatable bonds is 9. The third-order valence-electron chi connectivity index (χ3n) is 3.11. The van der Waals surface area contributed by atoms with E-state index in [1.54, 1.807) is 6.92 Å². The van der Waals surface area contributed by atoms with E-state index in [0.29, 0.717) is 13.0 Å². The number of amides is 1. The average molecular weight is 321 g/mol. The summed E-state index contributed by atoms with van der Waals surface area (Å²) in [6, 6.07) is 7.68. The molecule has 0 aromatic heterocycles. The fourth-order valence-electron chi connectivity index (χ4n) is 1.91. The van der Waals surface area contributed by atoms with Crippen LogP contribution in [0.1, 0.15) is 19.8 Å². The number of nitrogens with one attached hydrogen (secondary N) is 2. The lowest BCUT2D eigenvalue weighted by molar-refractivity contribution is -0.142. The molecule has 8 heteroatoms. The van der Waals surface area contributed by atoms with Gasteiger partial charge in [0.25, 0.3) is 0 Å². The Labute approximate surface area is 135 Å². The Morgan fingerprint density at radius 3 is 2.48 bits per heavy atom. The van der Waals surface area contributed by atoms with Gasteiger partial charge in [-0.05, 0) is 31.9 Å². The molecule has 7 N–H and O–H groups in total. The molecule has 0 spiro atoms. The van der Waals surface area contributed by atoms with Crippen LogP contribution in [-0.4, -0.2) is 41.6 Å². The molecular formula is C15H23N5O3. The van der Waals surface area contributed by atoms with E-state index in [9.17, 15) is 14.7 Å². The van der Waals surface area contributed by atoms with Crippen molar-refractivity contribution in [3.63, 3.8) is 0 Å². The second-order valence-corrected chi connectivity index (χ2v) is 5.08. The number of aliphatic carboxylic acids is 1. The summed E-state index contributed by atoms with van der Waals surface area (Å²) in [6.07, 6.45) is 0.700. The molecular weight excluding hydrogens is 298 g/mol. The van der Waals surface area contributed by atoms with Gasteiger partial charge in [0, 0.05) is 12.2 Å². The van der Waals surface area contributed by atoms with E-state index >= 15 is 0 Å². The molecule has 0 aliphatic carbocycles. The van der Waals surface area contributed by atoms with Crippen molar-refractivity contribution in [2.45, 2.75) is 31.8 Å². The first-order valence-electron chi connectivity index (χ1n) is 7.30. The first-order valence-corrected chi connectivity index (χ1v) is 7.30. The summed E-state index contributed by atoms with van der Waals surface area (Å²) in [4.78, 5) is 27.1. The highest BCUT2D eigenvalue weighted by molar-refractivity contribution is 5.88. The van der Waals surface area contributed by atoms with Crippen LogP contribution in [0.5, 0.6) is 0 Å². The molecule has 0 aliphatic heterocycles. The zero-order chi connectivity index (χ0) is 17.2. The van der Waals surface area contributed by atoms with Gasteiger partial charge >= 0.3 is 5.97 Å². The van der Waals surface area contributed by atoms with Crippen LogP contribution < -0.4 is 22.1 Å². The molecule has 0 aliphatic rings. The number of hydrogen-bond acceptors (Lipinski definition) is 4. The molecule has 0 saturated heterocycles. The van der Waals surface area contributed by atoms with Crippen molar-refractivity contribution in [2.75, 3.05) is 11.9 Å². The third-order valence-corrected chi connectivity index (χ3v) is 3.11. The number of nitrogens with two attached hydrogens (primary N) is 2. The molecule has 0 fully saturated rings. The Morgan fingerprint density at radius 2 is 1.91 bits per heavy atom.